The van der Waals surface area contributed by atoms with E-state index in [0.717, 1.165) is 10.9 Å². The quantitative estimate of drug-likeness (QED) is 0.483. The van der Waals surface area contributed by atoms with Gasteiger partial charge in [0, 0.05) is 25.2 Å². The molecule has 1 atom stereocenters. The molecular formula is C20H26N6O3. The molecule has 0 bridgehead atoms. The number of urea groups is 1. The summed E-state index contributed by atoms with van der Waals surface area (Å²) < 4.78 is 7.42. The van der Waals surface area contributed by atoms with Gasteiger partial charge in [-0.1, -0.05) is 12.1 Å². The van der Waals surface area contributed by atoms with E-state index in [1.54, 1.807) is 25.4 Å². The van der Waals surface area contributed by atoms with Crippen LogP contribution in [0, 0.1) is 0 Å². The lowest BCUT2D eigenvalue weighted by Gasteiger charge is -2.13. The monoisotopic (exact) mass is 398 g/mol. The third kappa shape index (κ3) is 4.64. The fraction of sp³-hybridized carbons (Fsp3) is 0.350. The van der Waals surface area contributed by atoms with E-state index in [4.69, 9.17) is 15.5 Å². The van der Waals surface area contributed by atoms with Crippen molar-refractivity contribution in [3.8, 4) is 17.0 Å². The van der Waals surface area contributed by atoms with Crippen LogP contribution in [0.15, 0.2) is 36.5 Å². The van der Waals surface area contributed by atoms with E-state index in [1.807, 2.05) is 36.7 Å². The minimum Gasteiger partial charge on any atom is -0.491 e. The molecule has 0 saturated carbocycles. The first-order chi connectivity index (χ1) is 13.9. The van der Waals surface area contributed by atoms with Gasteiger partial charge < -0.3 is 26.2 Å². The summed E-state index contributed by atoms with van der Waals surface area (Å²) in [7, 11) is 1.56. The average Bonchev–Trinajstić information content (AvgIpc) is 3.16. The molecule has 0 aliphatic rings. The molecule has 0 saturated heterocycles. The van der Waals surface area contributed by atoms with Gasteiger partial charge in [0.15, 0.2) is 5.65 Å². The number of carbonyl (C=O) groups excluding carboxylic acids is 1. The molecule has 2 heterocycles. The van der Waals surface area contributed by atoms with E-state index < -0.39 is 6.10 Å². The number of benzene rings is 1. The van der Waals surface area contributed by atoms with E-state index in [0.29, 0.717) is 22.8 Å². The SMILES string of the molecule is CNC(=O)Nc1cc(-c2cccc(OCC(O)CN)c2)nc2c1cnn2C(C)C. The van der Waals surface area contributed by atoms with Crippen molar-refractivity contribution in [1.29, 1.82) is 0 Å². The third-order valence-electron chi connectivity index (χ3n) is 4.38. The number of hydrogen-bond donors (Lipinski definition) is 4. The number of rotatable bonds is 7. The van der Waals surface area contributed by atoms with Gasteiger partial charge in [-0.2, -0.15) is 5.10 Å². The highest BCUT2D eigenvalue weighted by molar-refractivity contribution is 6.00. The number of amides is 2. The lowest BCUT2D eigenvalue weighted by atomic mass is 10.1. The van der Waals surface area contributed by atoms with Crippen molar-refractivity contribution in [2.24, 2.45) is 5.73 Å². The Bertz CT molecular complexity index is 1000. The number of nitrogens with two attached hydrogens (primary N) is 1. The maximum absolute atomic E-state index is 11.9. The first kappa shape index (κ1) is 20.6. The van der Waals surface area contributed by atoms with Crippen LogP contribution in [0.1, 0.15) is 19.9 Å². The highest BCUT2D eigenvalue weighted by Gasteiger charge is 2.16. The summed E-state index contributed by atoms with van der Waals surface area (Å²) in [5.41, 5.74) is 8.18. The van der Waals surface area contributed by atoms with Gasteiger partial charge in [-0.25, -0.2) is 14.5 Å². The van der Waals surface area contributed by atoms with Gasteiger partial charge in [-0.3, -0.25) is 0 Å². The van der Waals surface area contributed by atoms with Gasteiger partial charge in [-0.05, 0) is 32.0 Å². The number of fused-ring (bicyclic) bond motifs is 1. The topological polar surface area (TPSA) is 127 Å². The average molecular weight is 398 g/mol. The maximum atomic E-state index is 11.9. The molecule has 2 amide bonds. The van der Waals surface area contributed by atoms with Crippen LogP contribution >= 0.6 is 0 Å². The number of nitrogens with zero attached hydrogens (tertiary/aromatic N) is 3. The van der Waals surface area contributed by atoms with Crippen LogP contribution in [0.4, 0.5) is 10.5 Å². The Morgan fingerprint density at radius 3 is 2.83 bits per heavy atom. The van der Waals surface area contributed by atoms with E-state index in [2.05, 4.69) is 15.7 Å². The zero-order chi connectivity index (χ0) is 21.0. The van der Waals surface area contributed by atoms with Gasteiger partial charge in [0.1, 0.15) is 18.5 Å². The molecule has 1 unspecified atom stereocenters. The minimum absolute atomic E-state index is 0.107. The summed E-state index contributed by atoms with van der Waals surface area (Å²) in [5.74, 6) is 0.593. The third-order valence-corrected chi connectivity index (χ3v) is 4.38. The van der Waals surface area contributed by atoms with Crippen LogP contribution < -0.4 is 21.1 Å². The Balaban J connectivity index is 2.04. The van der Waals surface area contributed by atoms with Crippen LogP contribution in [0.25, 0.3) is 22.3 Å². The van der Waals surface area contributed by atoms with Crippen LogP contribution in [0.5, 0.6) is 5.75 Å². The second-order valence-electron chi connectivity index (χ2n) is 6.91. The molecule has 0 fully saturated rings. The van der Waals surface area contributed by atoms with Crippen LogP contribution in [-0.2, 0) is 0 Å². The largest absolute Gasteiger partial charge is 0.491 e. The maximum Gasteiger partial charge on any atom is 0.318 e. The van der Waals surface area contributed by atoms with Crippen LogP contribution in [0.3, 0.4) is 0 Å². The van der Waals surface area contributed by atoms with Gasteiger partial charge in [0.05, 0.1) is 23.0 Å². The molecule has 154 valence electrons. The molecule has 5 N–H and O–H groups in total. The Morgan fingerprint density at radius 1 is 1.34 bits per heavy atom. The number of ether oxygens (including phenoxy) is 1. The summed E-state index contributed by atoms with van der Waals surface area (Å²) in [6.07, 6.45) is 0.974. The van der Waals surface area contributed by atoms with Crippen molar-refractivity contribution >= 4 is 22.8 Å². The summed E-state index contributed by atoms with van der Waals surface area (Å²) in [6.45, 7) is 4.27. The number of pyridine rings is 1. The Kier molecular flexibility index (Phi) is 6.30. The predicted molar refractivity (Wildman–Crippen MR) is 112 cm³/mol. The van der Waals surface area contributed by atoms with Crippen LogP contribution in [-0.4, -0.2) is 52.2 Å². The van der Waals surface area contributed by atoms with Gasteiger partial charge in [-0.15, -0.1) is 0 Å². The normalized spacial score (nSPS) is 12.2. The standard InChI is InChI=1S/C20H26N6O3/c1-12(2)26-19-16(10-23-26)18(25-20(28)22-3)8-17(24-19)13-5-4-6-15(7-13)29-11-14(27)9-21/h4-8,10,12,14,27H,9,11,21H2,1-3H3,(H2,22,24,25,28). The number of aliphatic hydroxyl groups is 1. The molecule has 0 spiro atoms. The number of anilines is 1. The smallest absolute Gasteiger partial charge is 0.318 e. The number of carbonyl (C=O) groups is 1. The van der Waals surface area contributed by atoms with E-state index >= 15 is 0 Å². The molecular weight excluding hydrogens is 372 g/mol. The highest BCUT2D eigenvalue weighted by Crippen LogP contribution is 2.31. The molecule has 3 aromatic rings. The van der Waals surface area contributed by atoms with Crippen LogP contribution in [0.2, 0.25) is 0 Å². The number of aromatic nitrogens is 3. The van der Waals surface area contributed by atoms with E-state index in [-0.39, 0.29) is 25.2 Å². The Labute approximate surface area is 168 Å². The number of aliphatic hydroxyl groups excluding tert-OH is 1. The first-order valence-corrected chi connectivity index (χ1v) is 9.41. The Morgan fingerprint density at radius 2 is 2.14 bits per heavy atom. The minimum atomic E-state index is -0.725. The molecule has 2 aromatic heterocycles. The summed E-state index contributed by atoms with van der Waals surface area (Å²) in [4.78, 5) is 16.7. The second-order valence-corrected chi connectivity index (χ2v) is 6.91. The molecule has 0 radical (unpaired) electrons. The molecule has 29 heavy (non-hydrogen) atoms. The van der Waals surface area contributed by atoms with Crippen molar-refractivity contribution in [1.82, 2.24) is 20.1 Å². The summed E-state index contributed by atoms with van der Waals surface area (Å²) in [5, 5.41) is 20.2. The van der Waals surface area contributed by atoms with E-state index in [1.165, 1.54) is 0 Å². The van der Waals surface area contributed by atoms with Gasteiger partial charge >= 0.3 is 6.03 Å². The van der Waals surface area contributed by atoms with Crippen molar-refractivity contribution in [3.63, 3.8) is 0 Å². The summed E-state index contributed by atoms with van der Waals surface area (Å²) in [6, 6.07) is 8.96. The van der Waals surface area contributed by atoms with Gasteiger partial charge in [0.2, 0.25) is 0 Å². The number of hydrogen-bond acceptors (Lipinski definition) is 6. The first-order valence-electron chi connectivity index (χ1n) is 9.41. The van der Waals surface area contributed by atoms with Crippen molar-refractivity contribution < 1.29 is 14.6 Å². The fourth-order valence-electron chi connectivity index (χ4n) is 2.84. The fourth-order valence-corrected chi connectivity index (χ4v) is 2.84. The molecule has 1 aromatic carbocycles. The zero-order valence-electron chi connectivity index (χ0n) is 16.7. The van der Waals surface area contributed by atoms with Crippen molar-refractivity contribution in [3.05, 3.63) is 36.5 Å². The second kappa shape index (κ2) is 8.89. The molecule has 0 aliphatic heterocycles. The molecule has 9 heteroatoms. The van der Waals surface area contributed by atoms with Crippen molar-refractivity contribution in [2.45, 2.75) is 26.0 Å². The lowest BCUT2D eigenvalue weighted by Crippen LogP contribution is -2.26. The van der Waals surface area contributed by atoms with Crippen molar-refractivity contribution in [2.75, 3.05) is 25.5 Å². The highest BCUT2D eigenvalue weighted by atomic mass is 16.5. The van der Waals surface area contributed by atoms with Gasteiger partial charge in [0.25, 0.3) is 0 Å². The molecule has 3 rings (SSSR count). The molecule has 9 nitrogen and oxygen atoms in total. The van der Waals surface area contributed by atoms with E-state index in [9.17, 15) is 9.90 Å². The summed E-state index contributed by atoms with van der Waals surface area (Å²) >= 11 is 0. The Hall–Kier alpha value is -3.17. The molecule has 0 aliphatic carbocycles. The zero-order valence-corrected chi connectivity index (χ0v) is 16.7. The predicted octanol–water partition coefficient (Wildman–Crippen LogP) is 2.13. The lowest BCUT2D eigenvalue weighted by molar-refractivity contribution is 0.114. The number of nitrogens with one attached hydrogen (secondary N) is 2.